The van der Waals surface area contributed by atoms with Crippen molar-refractivity contribution in [1.82, 2.24) is 0 Å². The first kappa shape index (κ1) is 27.2. The summed E-state index contributed by atoms with van der Waals surface area (Å²) in [5.41, 5.74) is -0.543. The first-order valence-corrected chi connectivity index (χ1v) is 11.3. The molecule has 7 nitrogen and oxygen atoms in total. The van der Waals surface area contributed by atoms with Gasteiger partial charge >= 0.3 is 11.9 Å². The van der Waals surface area contributed by atoms with Crippen molar-refractivity contribution in [3.63, 3.8) is 0 Å². The zero-order chi connectivity index (χ0) is 25.7. The van der Waals surface area contributed by atoms with E-state index in [4.69, 9.17) is 10.2 Å². The van der Waals surface area contributed by atoms with Gasteiger partial charge in [0.1, 0.15) is 11.2 Å². The molecule has 0 radical (unpaired) electrons. The number of carbonyl (C=O) groups excluding carboxylic acids is 1. The number of benzene rings is 2. The molecular weight excluding hydrogens is 436 g/mol. The Balaban J connectivity index is 2.04. The highest BCUT2D eigenvalue weighted by atomic mass is 16.4. The molecule has 2 rings (SSSR count). The highest BCUT2D eigenvalue weighted by Gasteiger charge is 2.42. The minimum atomic E-state index is -1.81. The Morgan fingerprint density at radius 3 is 1.18 bits per heavy atom. The maximum Gasteiger partial charge on any atom is 0.306 e. The lowest BCUT2D eigenvalue weighted by molar-refractivity contribution is -0.153. The molecule has 2 aromatic carbocycles. The summed E-state index contributed by atoms with van der Waals surface area (Å²) >= 11 is 0. The largest absolute Gasteiger partial charge is 0.481 e. The number of Topliss-reactive ketones (excluding diaryl/α,β-unsaturated/α-hetero) is 1. The number of hydrogen-bond acceptors (Lipinski definition) is 5. The summed E-state index contributed by atoms with van der Waals surface area (Å²) in [6.45, 7) is 6.01. The fourth-order valence-electron chi connectivity index (χ4n) is 4.00. The van der Waals surface area contributed by atoms with Gasteiger partial charge in [-0.3, -0.25) is 14.4 Å². The molecule has 0 saturated heterocycles. The summed E-state index contributed by atoms with van der Waals surface area (Å²) in [6, 6.07) is 14.1. The lowest BCUT2D eigenvalue weighted by Crippen LogP contribution is -2.52. The smallest absolute Gasteiger partial charge is 0.306 e. The van der Waals surface area contributed by atoms with Gasteiger partial charge in [0.2, 0.25) is 0 Å². The van der Waals surface area contributed by atoms with Gasteiger partial charge in [0.15, 0.2) is 5.78 Å². The van der Waals surface area contributed by atoms with Crippen LogP contribution < -0.4 is 0 Å². The Bertz CT molecular complexity index is 923. The number of aliphatic hydroxyl groups is 2. The Kier molecular flexibility index (Phi) is 8.75. The van der Waals surface area contributed by atoms with Gasteiger partial charge in [-0.1, -0.05) is 62.4 Å². The molecule has 0 aliphatic rings. The number of aliphatic carboxylic acids is 2. The predicted molar refractivity (Wildman–Crippen MR) is 128 cm³/mol. The predicted octanol–water partition coefficient (Wildman–Crippen LogP) is 3.07. The molecule has 0 aromatic heterocycles. The van der Waals surface area contributed by atoms with Crippen LogP contribution >= 0.6 is 0 Å². The number of carboxylic acid groups (broad SMARTS) is 2. The van der Waals surface area contributed by atoms with Gasteiger partial charge in [-0.2, -0.15) is 0 Å². The van der Waals surface area contributed by atoms with Crippen molar-refractivity contribution in [3.05, 3.63) is 70.8 Å². The third-order valence-electron chi connectivity index (χ3n) is 6.05. The molecule has 0 bridgehead atoms. The molecule has 4 unspecified atom stereocenters. The molecule has 184 valence electrons. The lowest BCUT2D eigenvalue weighted by atomic mass is 9.80. The fourth-order valence-corrected chi connectivity index (χ4v) is 4.00. The molecule has 4 atom stereocenters. The fraction of sp³-hybridized carbons (Fsp3) is 0.444. The van der Waals surface area contributed by atoms with Crippen molar-refractivity contribution < 1.29 is 34.8 Å². The second-order valence-electron chi connectivity index (χ2n) is 9.75. The molecule has 0 amide bonds. The number of rotatable bonds is 12. The Hall–Kier alpha value is -3.03. The molecule has 0 aliphatic heterocycles. The summed E-state index contributed by atoms with van der Waals surface area (Å²) in [7, 11) is 0. The second-order valence-corrected chi connectivity index (χ2v) is 9.75. The molecule has 2 aromatic rings. The molecule has 34 heavy (non-hydrogen) atoms. The molecule has 7 heteroatoms. The highest BCUT2D eigenvalue weighted by molar-refractivity contribution is 5.94. The van der Waals surface area contributed by atoms with E-state index in [0.717, 1.165) is 11.1 Å². The van der Waals surface area contributed by atoms with Crippen molar-refractivity contribution in [2.75, 3.05) is 0 Å². The van der Waals surface area contributed by atoms with E-state index in [2.05, 4.69) is 0 Å². The second kappa shape index (κ2) is 10.9. The van der Waals surface area contributed by atoms with Gasteiger partial charge < -0.3 is 20.4 Å². The minimum absolute atomic E-state index is 0.00274. The van der Waals surface area contributed by atoms with Crippen LogP contribution in [-0.4, -0.2) is 49.4 Å². The van der Waals surface area contributed by atoms with Gasteiger partial charge in [-0.25, -0.2) is 0 Å². The van der Waals surface area contributed by atoms with Crippen molar-refractivity contribution in [2.45, 2.75) is 64.6 Å². The number of ketones is 1. The maximum atomic E-state index is 13.0. The van der Waals surface area contributed by atoms with Gasteiger partial charge in [-0.05, 0) is 48.9 Å². The highest BCUT2D eigenvalue weighted by Crippen LogP contribution is 2.25. The Labute approximate surface area is 200 Å². The average molecular weight is 471 g/mol. The third kappa shape index (κ3) is 7.50. The van der Waals surface area contributed by atoms with Crippen LogP contribution in [0.15, 0.2) is 48.5 Å². The number of carbonyl (C=O) groups is 3. The minimum Gasteiger partial charge on any atom is -0.481 e. The number of hydrogen-bond donors (Lipinski definition) is 4. The van der Waals surface area contributed by atoms with Crippen molar-refractivity contribution >= 4 is 17.7 Å². The quantitative estimate of drug-likeness (QED) is 0.375. The monoisotopic (exact) mass is 470 g/mol. The average Bonchev–Trinajstić information content (AvgIpc) is 2.75. The molecule has 0 saturated carbocycles. The van der Waals surface area contributed by atoms with E-state index in [1.807, 2.05) is 0 Å². The molecule has 0 spiro atoms. The SMILES string of the molecule is CC(Cc1ccc(CC(C)(O)C(=O)C(C)(O)Cc2ccc(CC(C)C(=O)O)cc2)cc1)C(=O)O. The summed E-state index contributed by atoms with van der Waals surface area (Å²) in [5, 5.41) is 39.9. The standard InChI is InChI=1S/C27H34O7/c1-17(23(28)29)13-19-5-9-21(10-6-19)15-26(3,33)25(32)27(4,34)16-22-11-7-20(8-12-22)14-18(2)24(30)31/h5-12,17-18,33-34H,13-16H2,1-4H3,(H,28,29)(H,30,31). The lowest BCUT2D eigenvalue weighted by Gasteiger charge is -2.31. The van der Waals surface area contributed by atoms with E-state index in [9.17, 15) is 24.6 Å². The zero-order valence-corrected chi connectivity index (χ0v) is 20.1. The third-order valence-corrected chi connectivity index (χ3v) is 6.05. The van der Waals surface area contributed by atoms with Crippen LogP contribution in [0.2, 0.25) is 0 Å². The molecule has 0 aliphatic carbocycles. The van der Waals surface area contributed by atoms with Crippen LogP contribution in [-0.2, 0) is 40.1 Å². The van der Waals surface area contributed by atoms with Crippen LogP contribution in [0.4, 0.5) is 0 Å². The molecule has 0 fully saturated rings. The van der Waals surface area contributed by atoms with Gasteiger partial charge in [0, 0.05) is 12.8 Å². The molecular formula is C27H34O7. The first-order valence-electron chi connectivity index (χ1n) is 11.3. The van der Waals surface area contributed by atoms with E-state index < -0.39 is 40.8 Å². The van der Waals surface area contributed by atoms with Crippen LogP contribution in [0.25, 0.3) is 0 Å². The van der Waals surface area contributed by atoms with E-state index in [1.165, 1.54) is 13.8 Å². The van der Waals surface area contributed by atoms with Gasteiger partial charge in [0.25, 0.3) is 0 Å². The van der Waals surface area contributed by atoms with Crippen LogP contribution in [0.5, 0.6) is 0 Å². The molecule has 4 N–H and O–H groups in total. The maximum absolute atomic E-state index is 13.0. The van der Waals surface area contributed by atoms with Gasteiger partial charge in [0.05, 0.1) is 11.8 Å². The topological polar surface area (TPSA) is 132 Å². The summed E-state index contributed by atoms with van der Waals surface area (Å²) in [5.74, 6) is -3.47. The van der Waals surface area contributed by atoms with Crippen molar-refractivity contribution in [1.29, 1.82) is 0 Å². The Morgan fingerprint density at radius 2 is 0.912 bits per heavy atom. The van der Waals surface area contributed by atoms with Crippen molar-refractivity contribution in [2.24, 2.45) is 11.8 Å². The molecule has 0 heterocycles. The van der Waals surface area contributed by atoms with Gasteiger partial charge in [-0.15, -0.1) is 0 Å². The van der Waals surface area contributed by atoms with Crippen LogP contribution in [0.1, 0.15) is 49.9 Å². The van der Waals surface area contributed by atoms with Crippen LogP contribution in [0, 0.1) is 11.8 Å². The first-order chi connectivity index (χ1) is 15.7. The number of carboxylic acids is 2. The normalized spacial score (nSPS) is 16.6. The van der Waals surface area contributed by atoms with E-state index in [1.54, 1.807) is 62.4 Å². The summed E-state index contributed by atoms with van der Waals surface area (Å²) in [4.78, 5) is 35.1. The Morgan fingerprint density at radius 1 is 0.647 bits per heavy atom. The van der Waals surface area contributed by atoms with E-state index in [0.29, 0.717) is 24.0 Å². The van der Waals surface area contributed by atoms with Crippen molar-refractivity contribution in [3.8, 4) is 0 Å². The van der Waals surface area contributed by atoms with E-state index >= 15 is 0 Å². The zero-order valence-electron chi connectivity index (χ0n) is 20.1. The van der Waals surface area contributed by atoms with E-state index in [-0.39, 0.29) is 12.8 Å². The van der Waals surface area contributed by atoms with Crippen LogP contribution in [0.3, 0.4) is 0 Å². The summed E-state index contributed by atoms with van der Waals surface area (Å²) < 4.78 is 0. The summed E-state index contributed by atoms with van der Waals surface area (Å²) in [6.07, 6.45) is 0.771.